The lowest BCUT2D eigenvalue weighted by molar-refractivity contribution is -0.144. The molecule has 0 aromatic heterocycles. The maximum Gasteiger partial charge on any atom is 0.330 e. The molecule has 0 amide bonds. The third kappa shape index (κ3) is 6.23. The average molecular weight is 274 g/mol. The van der Waals surface area contributed by atoms with Crippen LogP contribution in [0.3, 0.4) is 0 Å². The largest absolute Gasteiger partial charge is 0.508 e. The van der Waals surface area contributed by atoms with E-state index in [0.717, 1.165) is 18.4 Å². The van der Waals surface area contributed by atoms with E-state index in [1.807, 2.05) is 12.1 Å². The molecule has 1 saturated carbocycles. The zero-order valence-corrected chi connectivity index (χ0v) is 11.8. The van der Waals surface area contributed by atoms with Gasteiger partial charge in [-0.1, -0.05) is 37.8 Å². The fourth-order valence-electron chi connectivity index (χ4n) is 2.01. The standard InChI is InChI=1S/C9H14O2.C8H8O/c1-2-9(10)11-8-6-4-3-5-7-8;1-2-7-3-5-8(9)6-4-7/h2,8H,1,3-7H2;2-6,9H,1H2. The van der Waals surface area contributed by atoms with Gasteiger partial charge < -0.3 is 9.84 Å². The average Bonchev–Trinajstić information content (AvgIpc) is 2.49. The molecular formula is C17H22O3. The molecule has 0 saturated heterocycles. The monoisotopic (exact) mass is 274 g/mol. The van der Waals surface area contributed by atoms with Crippen molar-refractivity contribution in [3.63, 3.8) is 0 Å². The second-order valence-corrected chi connectivity index (χ2v) is 4.70. The van der Waals surface area contributed by atoms with E-state index in [-0.39, 0.29) is 12.1 Å². The minimum absolute atomic E-state index is 0.161. The van der Waals surface area contributed by atoms with Gasteiger partial charge in [-0.25, -0.2) is 4.79 Å². The summed E-state index contributed by atoms with van der Waals surface area (Å²) in [6, 6.07) is 6.89. The lowest BCUT2D eigenvalue weighted by Crippen LogP contribution is -2.19. The molecule has 1 aliphatic carbocycles. The molecule has 0 spiro atoms. The fourth-order valence-corrected chi connectivity index (χ4v) is 2.01. The van der Waals surface area contributed by atoms with Gasteiger partial charge in [0.25, 0.3) is 0 Å². The Hall–Kier alpha value is -2.03. The first kappa shape index (κ1) is 16.0. The van der Waals surface area contributed by atoms with Crippen molar-refractivity contribution in [1.82, 2.24) is 0 Å². The van der Waals surface area contributed by atoms with Crippen LogP contribution in [0.15, 0.2) is 43.5 Å². The summed E-state index contributed by atoms with van der Waals surface area (Å²) in [4.78, 5) is 10.7. The molecular weight excluding hydrogens is 252 g/mol. The number of esters is 1. The minimum atomic E-state index is -0.281. The van der Waals surface area contributed by atoms with Gasteiger partial charge in [-0.15, -0.1) is 0 Å². The van der Waals surface area contributed by atoms with Crippen LogP contribution in [0.5, 0.6) is 5.75 Å². The number of phenols is 1. The lowest BCUT2D eigenvalue weighted by atomic mass is 9.98. The highest BCUT2D eigenvalue weighted by Crippen LogP contribution is 2.20. The molecule has 3 heteroatoms. The maximum absolute atomic E-state index is 10.7. The van der Waals surface area contributed by atoms with Gasteiger partial charge in [0.2, 0.25) is 0 Å². The molecule has 1 aliphatic rings. The predicted molar refractivity (Wildman–Crippen MR) is 81.4 cm³/mol. The number of carbonyl (C=O) groups excluding carboxylic acids is 1. The van der Waals surface area contributed by atoms with E-state index in [1.165, 1.54) is 25.3 Å². The van der Waals surface area contributed by atoms with Crippen molar-refractivity contribution in [1.29, 1.82) is 0 Å². The van der Waals surface area contributed by atoms with Gasteiger partial charge >= 0.3 is 5.97 Å². The van der Waals surface area contributed by atoms with Crippen LogP contribution in [0.25, 0.3) is 6.08 Å². The van der Waals surface area contributed by atoms with Crippen molar-refractivity contribution in [2.24, 2.45) is 0 Å². The van der Waals surface area contributed by atoms with Gasteiger partial charge in [-0.2, -0.15) is 0 Å². The highest BCUT2D eigenvalue weighted by atomic mass is 16.5. The molecule has 1 aromatic rings. The summed E-state index contributed by atoms with van der Waals surface area (Å²) in [5.74, 6) is 0.0116. The molecule has 2 rings (SSSR count). The SMILES string of the molecule is C=CC(=O)OC1CCCCC1.C=Cc1ccc(O)cc1. The van der Waals surface area contributed by atoms with Crippen LogP contribution in [0, 0.1) is 0 Å². The van der Waals surface area contributed by atoms with Gasteiger partial charge in [-0.3, -0.25) is 0 Å². The summed E-state index contributed by atoms with van der Waals surface area (Å²) < 4.78 is 5.08. The van der Waals surface area contributed by atoms with Crippen molar-refractivity contribution in [2.45, 2.75) is 38.2 Å². The van der Waals surface area contributed by atoms with E-state index in [0.29, 0.717) is 5.75 Å². The Bertz CT molecular complexity index is 428. The summed E-state index contributed by atoms with van der Waals surface area (Å²) in [6.07, 6.45) is 8.84. The zero-order chi connectivity index (χ0) is 14.8. The fraction of sp³-hybridized carbons (Fsp3) is 0.353. The number of hydrogen-bond donors (Lipinski definition) is 1. The first-order valence-electron chi connectivity index (χ1n) is 6.90. The topological polar surface area (TPSA) is 46.5 Å². The number of phenolic OH excluding ortho intramolecular Hbond substituents is 1. The summed E-state index contributed by atoms with van der Waals surface area (Å²) in [6.45, 7) is 6.93. The van der Waals surface area contributed by atoms with Gasteiger partial charge in [-0.05, 0) is 43.4 Å². The van der Waals surface area contributed by atoms with Gasteiger partial charge in [0.05, 0.1) is 0 Å². The lowest BCUT2D eigenvalue weighted by Gasteiger charge is -2.20. The summed E-state index contributed by atoms with van der Waals surface area (Å²) in [5, 5.41) is 8.82. The molecule has 0 atom stereocenters. The number of rotatable bonds is 3. The minimum Gasteiger partial charge on any atom is -0.508 e. The van der Waals surface area contributed by atoms with Crippen LogP contribution >= 0.6 is 0 Å². The van der Waals surface area contributed by atoms with Crippen LogP contribution in [0.2, 0.25) is 0 Å². The Balaban J connectivity index is 0.000000204. The van der Waals surface area contributed by atoms with Crippen LogP contribution in [-0.2, 0) is 9.53 Å². The second-order valence-electron chi connectivity index (χ2n) is 4.70. The van der Waals surface area contributed by atoms with Crippen LogP contribution in [-0.4, -0.2) is 17.2 Å². The quantitative estimate of drug-likeness (QED) is 0.667. The summed E-state index contributed by atoms with van der Waals surface area (Å²) in [7, 11) is 0. The van der Waals surface area contributed by atoms with E-state index in [2.05, 4.69) is 13.2 Å². The van der Waals surface area contributed by atoms with Crippen molar-refractivity contribution in [3.8, 4) is 5.75 Å². The molecule has 1 aromatic carbocycles. The molecule has 1 fully saturated rings. The van der Waals surface area contributed by atoms with Crippen molar-refractivity contribution >= 4 is 12.0 Å². The van der Waals surface area contributed by atoms with E-state index in [1.54, 1.807) is 18.2 Å². The van der Waals surface area contributed by atoms with Gasteiger partial charge in [0, 0.05) is 6.08 Å². The van der Waals surface area contributed by atoms with Crippen molar-refractivity contribution in [3.05, 3.63) is 49.1 Å². The first-order chi connectivity index (χ1) is 9.65. The number of carbonyl (C=O) groups is 1. The molecule has 0 radical (unpaired) electrons. The molecule has 0 bridgehead atoms. The molecule has 1 N–H and O–H groups in total. The Morgan fingerprint density at radius 1 is 1.15 bits per heavy atom. The summed E-state index contributed by atoms with van der Waals surface area (Å²) >= 11 is 0. The maximum atomic E-state index is 10.7. The molecule has 20 heavy (non-hydrogen) atoms. The second kappa shape index (κ2) is 8.97. The number of benzene rings is 1. The number of hydrogen-bond acceptors (Lipinski definition) is 3. The molecule has 108 valence electrons. The first-order valence-corrected chi connectivity index (χ1v) is 6.90. The van der Waals surface area contributed by atoms with Crippen molar-refractivity contribution < 1.29 is 14.6 Å². The van der Waals surface area contributed by atoms with Crippen LogP contribution in [0.1, 0.15) is 37.7 Å². The summed E-state index contributed by atoms with van der Waals surface area (Å²) in [5.41, 5.74) is 1.02. The third-order valence-electron chi connectivity index (χ3n) is 3.13. The molecule has 0 aliphatic heterocycles. The van der Waals surface area contributed by atoms with E-state index in [9.17, 15) is 4.79 Å². The normalized spacial score (nSPS) is 14.6. The number of aromatic hydroxyl groups is 1. The van der Waals surface area contributed by atoms with E-state index >= 15 is 0 Å². The Morgan fingerprint density at radius 2 is 1.75 bits per heavy atom. The van der Waals surface area contributed by atoms with Gasteiger partial charge in [0.15, 0.2) is 0 Å². The molecule has 0 heterocycles. The van der Waals surface area contributed by atoms with Crippen molar-refractivity contribution in [2.75, 3.05) is 0 Å². The zero-order valence-electron chi connectivity index (χ0n) is 11.8. The highest BCUT2D eigenvalue weighted by Gasteiger charge is 2.15. The Kier molecular flexibility index (Phi) is 7.18. The Morgan fingerprint density at radius 3 is 2.25 bits per heavy atom. The highest BCUT2D eigenvalue weighted by molar-refractivity contribution is 5.81. The van der Waals surface area contributed by atoms with Crippen LogP contribution < -0.4 is 0 Å². The predicted octanol–water partition coefficient (Wildman–Crippen LogP) is 4.08. The van der Waals surface area contributed by atoms with E-state index < -0.39 is 0 Å². The third-order valence-corrected chi connectivity index (χ3v) is 3.13. The van der Waals surface area contributed by atoms with Crippen LogP contribution in [0.4, 0.5) is 0 Å². The molecule has 0 unspecified atom stereocenters. The number of ether oxygens (including phenoxy) is 1. The van der Waals surface area contributed by atoms with Gasteiger partial charge in [0.1, 0.15) is 11.9 Å². The Labute approximate surface area is 120 Å². The van der Waals surface area contributed by atoms with E-state index in [4.69, 9.17) is 9.84 Å². The smallest absolute Gasteiger partial charge is 0.330 e. The molecule has 3 nitrogen and oxygen atoms in total.